The average Bonchev–Trinajstić information content (AvgIpc) is 3.66. The zero-order valence-electron chi connectivity index (χ0n) is 22.9. The molecule has 2 heterocycles. The largest absolute Gasteiger partial charge is 0.309 e. The van der Waals surface area contributed by atoms with Crippen LogP contribution in [-0.2, 0) is 0 Å². The Morgan fingerprint density at radius 1 is 0.405 bits per heavy atom. The van der Waals surface area contributed by atoms with E-state index in [1.54, 1.807) is 0 Å². The molecule has 0 fully saturated rings. The van der Waals surface area contributed by atoms with Gasteiger partial charge in [-0.05, 0) is 53.6 Å². The third kappa shape index (κ3) is 4.03. The number of para-hydroxylation sites is 2. The van der Waals surface area contributed by atoms with Crippen molar-refractivity contribution < 1.29 is 0 Å². The minimum absolute atomic E-state index is 0.944. The van der Waals surface area contributed by atoms with Crippen molar-refractivity contribution in [2.24, 2.45) is 0 Å². The van der Waals surface area contributed by atoms with Gasteiger partial charge >= 0.3 is 0 Å². The maximum Gasteiger partial charge on any atom is 0.0934 e. The van der Waals surface area contributed by atoms with Gasteiger partial charge in [0, 0.05) is 27.6 Å². The van der Waals surface area contributed by atoms with E-state index in [1.807, 2.05) is 6.07 Å². The van der Waals surface area contributed by atoms with Crippen LogP contribution in [0.15, 0.2) is 164 Å². The summed E-state index contributed by atoms with van der Waals surface area (Å²) in [5, 5.41) is 7.69. The first-order chi connectivity index (χ1) is 20.8. The summed E-state index contributed by atoms with van der Waals surface area (Å²) in [5.74, 6) is 0. The van der Waals surface area contributed by atoms with Gasteiger partial charge in [0.05, 0.1) is 28.1 Å². The Labute approximate surface area is 244 Å². The molecule has 0 unspecified atom stereocenters. The summed E-state index contributed by atoms with van der Waals surface area (Å²) in [6.07, 6.45) is 0. The van der Waals surface area contributed by atoms with Crippen LogP contribution in [0.4, 0.5) is 0 Å². The highest BCUT2D eigenvalue weighted by Gasteiger charge is 2.17. The first kappa shape index (κ1) is 24.2. The normalized spacial score (nSPS) is 11.3. The average molecular weight is 538 g/mol. The van der Waals surface area contributed by atoms with Gasteiger partial charge in [0.25, 0.3) is 0 Å². The highest BCUT2D eigenvalue weighted by atomic mass is 15.3. The van der Waals surface area contributed by atoms with Crippen molar-refractivity contribution in [3.63, 3.8) is 0 Å². The highest BCUT2D eigenvalue weighted by Crippen LogP contribution is 2.36. The summed E-state index contributed by atoms with van der Waals surface area (Å²) < 4.78 is 4.43. The van der Waals surface area contributed by atoms with Crippen molar-refractivity contribution in [3.8, 4) is 45.0 Å². The Balaban J connectivity index is 1.30. The van der Waals surface area contributed by atoms with Crippen LogP contribution in [-0.4, -0.2) is 14.3 Å². The topological polar surface area (TPSA) is 22.8 Å². The van der Waals surface area contributed by atoms with Crippen LogP contribution in [0.1, 0.15) is 0 Å². The Hall–Kier alpha value is -5.67. The molecular weight excluding hydrogens is 510 g/mol. The number of benzene rings is 6. The zero-order chi connectivity index (χ0) is 27.9. The quantitative estimate of drug-likeness (QED) is 0.214. The van der Waals surface area contributed by atoms with Crippen LogP contribution in [0.5, 0.6) is 0 Å². The molecule has 0 saturated carbocycles. The van der Waals surface area contributed by atoms with Crippen molar-refractivity contribution >= 4 is 21.8 Å². The summed E-state index contributed by atoms with van der Waals surface area (Å²) in [6, 6.07) is 57.7. The lowest BCUT2D eigenvalue weighted by atomic mass is 9.97. The van der Waals surface area contributed by atoms with Gasteiger partial charge in [-0.15, -0.1) is 0 Å². The molecule has 3 heteroatoms. The van der Waals surface area contributed by atoms with Crippen molar-refractivity contribution in [2.75, 3.05) is 0 Å². The Kier molecular flexibility index (Phi) is 5.79. The molecule has 0 saturated heterocycles. The number of rotatable bonds is 5. The van der Waals surface area contributed by atoms with Crippen LogP contribution < -0.4 is 0 Å². The molecule has 0 aliphatic rings. The predicted octanol–water partition coefficient (Wildman–Crippen LogP) is 9.97. The van der Waals surface area contributed by atoms with E-state index in [-0.39, 0.29) is 0 Å². The summed E-state index contributed by atoms with van der Waals surface area (Å²) in [7, 11) is 0. The maximum absolute atomic E-state index is 5.16. The molecule has 198 valence electrons. The van der Waals surface area contributed by atoms with Gasteiger partial charge in [0.15, 0.2) is 0 Å². The van der Waals surface area contributed by atoms with Crippen LogP contribution >= 0.6 is 0 Å². The first-order valence-electron chi connectivity index (χ1n) is 14.2. The third-order valence-electron chi connectivity index (χ3n) is 8.00. The van der Waals surface area contributed by atoms with Crippen molar-refractivity contribution in [3.05, 3.63) is 164 Å². The summed E-state index contributed by atoms with van der Waals surface area (Å²) in [4.78, 5) is 0. The van der Waals surface area contributed by atoms with Gasteiger partial charge in [0.1, 0.15) is 0 Å². The maximum atomic E-state index is 5.16. The molecule has 0 atom stereocenters. The van der Waals surface area contributed by atoms with E-state index in [4.69, 9.17) is 5.10 Å². The fraction of sp³-hybridized carbons (Fsp3) is 0. The highest BCUT2D eigenvalue weighted by molar-refractivity contribution is 6.09. The number of fused-ring (bicyclic) bond motifs is 3. The SMILES string of the molecule is c1ccc(-c2cc(-c3ccccc3-c3ccccc3)n(-c3ccc(-n4c5ccccc5c5ccccc54)cc3)n2)cc1. The van der Waals surface area contributed by atoms with Gasteiger partial charge < -0.3 is 4.57 Å². The zero-order valence-corrected chi connectivity index (χ0v) is 22.9. The van der Waals surface area contributed by atoms with Crippen molar-refractivity contribution in [1.29, 1.82) is 0 Å². The Morgan fingerprint density at radius 2 is 0.905 bits per heavy atom. The predicted molar refractivity (Wildman–Crippen MR) is 174 cm³/mol. The van der Waals surface area contributed by atoms with E-state index < -0.39 is 0 Å². The smallest absolute Gasteiger partial charge is 0.0934 e. The number of hydrogen-bond acceptors (Lipinski definition) is 1. The molecule has 8 aromatic rings. The van der Waals surface area contributed by atoms with Crippen LogP contribution in [0.2, 0.25) is 0 Å². The molecule has 0 radical (unpaired) electrons. The van der Waals surface area contributed by atoms with E-state index in [0.29, 0.717) is 0 Å². The van der Waals surface area contributed by atoms with E-state index in [0.717, 1.165) is 33.9 Å². The second-order valence-corrected chi connectivity index (χ2v) is 10.5. The summed E-state index contributed by atoms with van der Waals surface area (Å²) in [5.41, 5.74) is 11.1. The minimum Gasteiger partial charge on any atom is -0.309 e. The molecule has 0 aliphatic carbocycles. The minimum atomic E-state index is 0.944. The molecular formula is C39H27N3. The lowest BCUT2D eigenvalue weighted by Crippen LogP contribution is -2.01. The molecule has 3 nitrogen and oxygen atoms in total. The Morgan fingerprint density at radius 3 is 1.55 bits per heavy atom. The van der Waals surface area contributed by atoms with Gasteiger partial charge in [0.2, 0.25) is 0 Å². The lowest BCUT2D eigenvalue weighted by Gasteiger charge is -2.13. The standard InChI is InChI=1S/C39H27N3/c1-3-13-28(14-4-1)32-17-7-8-18-33(32)39-27-36(29-15-5-2-6-16-29)40-42(39)31-25-23-30(24-26-31)41-37-21-11-9-19-34(37)35-20-10-12-22-38(35)41/h1-27H. The molecule has 0 aliphatic heterocycles. The fourth-order valence-electron chi connectivity index (χ4n) is 6.04. The first-order valence-corrected chi connectivity index (χ1v) is 14.2. The van der Waals surface area contributed by atoms with Crippen LogP contribution in [0.25, 0.3) is 66.8 Å². The van der Waals surface area contributed by atoms with Crippen LogP contribution in [0, 0.1) is 0 Å². The van der Waals surface area contributed by atoms with E-state index >= 15 is 0 Å². The van der Waals surface area contributed by atoms with Gasteiger partial charge in [-0.2, -0.15) is 5.10 Å². The number of nitrogens with zero attached hydrogens (tertiary/aromatic N) is 3. The van der Waals surface area contributed by atoms with Crippen molar-refractivity contribution in [2.45, 2.75) is 0 Å². The molecule has 2 aromatic heterocycles. The van der Waals surface area contributed by atoms with Gasteiger partial charge in [-0.3, -0.25) is 0 Å². The number of hydrogen-bond donors (Lipinski definition) is 0. The second kappa shape index (κ2) is 10.1. The van der Waals surface area contributed by atoms with Gasteiger partial charge in [-0.25, -0.2) is 4.68 Å². The van der Waals surface area contributed by atoms with Gasteiger partial charge in [-0.1, -0.05) is 121 Å². The van der Waals surface area contributed by atoms with Crippen molar-refractivity contribution in [1.82, 2.24) is 14.3 Å². The summed E-state index contributed by atoms with van der Waals surface area (Å²) >= 11 is 0. The molecule has 0 bridgehead atoms. The summed E-state index contributed by atoms with van der Waals surface area (Å²) in [6.45, 7) is 0. The molecule has 8 rings (SSSR count). The molecule has 42 heavy (non-hydrogen) atoms. The molecule has 0 spiro atoms. The monoisotopic (exact) mass is 537 g/mol. The van der Waals surface area contributed by atoms with E-state index in [9.17, 15) is 0 Å². The van der Waals surface area contributed by atoms with E-state index in [1.165, 1.54) is 32.9 Å². The fourth-order valence-corrected chi connectivity index (χ4v) is 6.04. The van der Waals surface area contributed by atoms with Crippen LogP contribution in [0.3, 0.4) is 0 Å². The molecule has 0 N–H and O–H groups in total. The third-order valence-corrected chi connectivity index (χ3v) is 8.00. The second-order valence-electron chi connectivity index (χ2n) is 10.5. The lowest BCUT2D eigenvalue weighted by molar-refractivity contribution is 0.891. The Bertz CT molecular complexity index is 2120. The molecule has 0 amide bonds. The van der Waals surface area contributed by atoms with E-state index in [2.05, 4.69) is 167 Å². The number of aromatic nitrogens is 3. The molecule has 6 aromatic carbocycles.